The van der Waals surface area contributed by atoms with Gasteiger partial charge in [-0.2, -0.15) is 0 Å². The molecule has 0 aliphatic rings. The van der Waals surface area contributed by atoms with Crippen LogP contribution >= 0.6 is 15.9 Å². The third-order valence-electron chi connectivity index (χ3n) is 1.73. The molecule has 0 aliphatic heterocycles. The predicted octanol–water partition coefficient (Wildman–Crippen LogP) is 1.96. The molecule has 0 aromatic heterocycles. The Morgan fingerprint density at radius 2 is 1.82 bits per heavy atom. The molecule has 0 fully saturated rings. The van der Waals surface area contributed by atoms with Crippen LogP contribution in [0, 0.1) is 0 Å². The summed E-state index contributed by atoms with van der Waals surface area (Å²) in [4.78, 5) is 10.9. The van der Waals surface area contributed by atoms with Gasteiger partial charge in [-0.15, -0.1) is 0 Å². The van der Waals surface area contributed by atoms with E-state index in [4.69, 9.17) is 0 Å². The fourth-order valence-electron chi connectivity index (χ4n) is 0.997. The highest BCUT2D eigenvalue weighted by molar-refractivity contribution is 9.10. The second kappa shape index (κ2) is 5.87. The normalized spacial score (nSPS) is 10.7. The van der Waals surface area contributed by atoms with E-state index in [1.807, 2.05) is 0 Å². The molecule has 1 aromatic rings. The summed E-state index contributed by atoms with van der Waals surface area (Å²) in [6.07, 6.45) is -0.584. The lowest BCUT2D eigenvalue weighted by Gasteiger charge is -2.07. The number of ether oxygens (including phenoxy) is 1. The molecule has 17 heavy (non-hydrogen) atoms. The lowest BCUT2D eigenvalue weighted by atomic mass is 10.3. The second-order valence-electron chi connectivity index (χ2n) is 3.02. The zero-order chi connectivity index (χ0) is 12.9. The number of hydrogen-bond acceptors (Lipinski definition) is 4. The molecular weight excluding hydrogens is 312 g/mol. The summed E-state index contributed by atoms with van der Waals surface area (Å²) >= 11 is 2.86. The van der Waals surface area contributed by atoms with Gasteiger partial charge < -0.3 is 4.74 Å². The minimum atomic E-state index is -3.36. The monoisotopic (exact) mass is 322 g/mol. The van der Waals surface area contributed by atoms with E-state index in [1.54, 1.807) is 12.1 Å². The van der Waals surface area contributed by atoms with E-state index in [0.29, 0.717) is 11.4 Å². The molecule has 2 N–H and O–H groups in total. The molecule has 0 saturated carbocycles. The molecule has 94 valence electrons. The molecule has 0 unspecified atom stereocenters. The van der Waals surface area contributed by atoms with Crippen LogP contribution in [-0.2, 0) is 14.8 Å². The maximum Gasteiger partial charge on any atom is 0.411 e. The maximum absolute atomic E-state index is 11.2. The van der Waals surface area contributed by atoms with Crippen LogP contribution in [0.3, 0.4) is 0 Å². The molecular formula is C9H11BrN2O4S. The van der Waals surface area contributed by atoms with Gasteiger partial charge in [-0.25, -0.2) is 13.2 Å². The summed E-state index contributed by atoms with van der Waals surface area (Å²) < 4.78 is 29.0. The van der Waals surface area contributed by atoms with Crippen LogP contribution in [0.1, 0.15) is 0 Å². The molecule has 0 aliphatic carbocycles. The van der Waals surface area contributed by atoms with Crippen molar-refractivity contribution in [2.75, 3.05) is 21.8 Å². The number of nitrogens with one attached hydrogen (secondary N) is 2. The lowest BCUT2D eigenvalue weighted by molar-refractivity contribution is 0.187. The third-order valence-corrected chi connectivity index (χ3v) is 4.38. The zero-order valence-electron chi connectivity index (χ0n) is 8.94. The Balaban J connectivity index is 2.72. The maximum atomic E-state index is 11.2. The zero-order valence-corrected chi connectivity index (χ0v) is 11.3. The first-order chi connectivity index (χ1) is 7.96. The van der Waals surface area contributed by atoms with E-state index in [2.05, 4.69) is 30.7 Å². The van der Waals surface area contributed by atoms with E-state index >= 15 is 0 Å². The SMILES string of the molecule is COC(=O)Nc1ccc(NS(=O)(=O)CBr)cc1. The van der Waals surface area contributed by atoms with Gasteiger partial charge in [0.1, 0.15) is 4.66 Å². The van der Waals surface area contributed by atoms with Crippen molar-refractivity contribution in [1.82, 2.24) is 0 Å². The van der Waals surface area contributed by atoms with Gasteiger partial charge in [0.05, 0.1) is 7.11 Å². The number of benzene rings is 1. The van der Waals surface area contributed by atoms with Crippen molar-refractivity contribution < 1.29 is 17.9 Å². The smallest absolute Gasteiger partial charge is 0.411 e. The van der Waals surface area contributed by atoms with Crippen molar-refractivity contribution in [3.63, 3.8) is 0 Å². The van der Waals surface area contributed by atoms with Crippen LogP contribution in [0.2, 0.25) is 0 Å². The molecule has 0 atom stereocenters. The molecule has 0 spiro atoms. The molecule has 6 nitrogen and oxygen atoms in total. The molecule has 1 rings (SSSR count). The second-order valence-corrected chi connectivity index (χ2v) is 6.05. The summed E-state index contributed by atoms with van der Waals surface area (Å²) in [5.41, 5.74) is 0.929. The van der Waals surface area contributed by atoms with Crippen molar-refractivity contribution in [3.05, 3.63) is 24.3 Å². The predicted molar refractivity (Wildman–Crippen MR) is 68.8 cm³/mol. The number of alkyl halides is 1. The molecule has 1 amide bonds. The number of rotatable bonds is 4. The quantitative estimate of drug-likeness (QED) is 0.830. The number of hydrogen-bond donors (Lipinski definition) is 2. The van der Waals surface area contributed by atoms with Crippen molar-refractivity contribution in [2.24, 2.45) is 0 Å². The van der Waals surface area contributed by atoms with Crippen molar-refractivity contribution in [2.45, 2.75) is 0 Å². The van der Waals surface area contributed by atoms with Crippen LogP contribution < -0.4 is 10.0 Å². The number of amides is 1. The van der Waals surface area contributed by atoms with Crippen molar-refractivity contribution >= 4 is 43.4 Å². The molecule has 0 bridgehead atoms. The minimum Gasteiger partial charge on any atom is -0.453 e. The number of carbonyl (C=O) groups is 1. The van der Waals surface area contributed by atoms with Gasteiger partial charge in [0.25, 0.3) is 0 Å². The van der Waals surface area contributed by atoms with Gasteiger partial charge in [-0.1, -0.05) is 15.9 Å². The van der Waals surface area contributed by atoms with Gasteiger partial charge in [0.15, 0.2) is 0 Å². The largest absolute Gasteiger partial charge is 0.453 e. The lowest BCUT2D eigenvalue weighted by Crippen LogP contribution is -2.13. The fourth-order valence-corrected chi connectivity index (χ4v) is 1.89. The third kappa shape index (κ3) is 4.61. The molecule has 0 radical (unpaired) electrons. The van der Waals surface area contributed by atoms with Crippen LogP contribution in [0.25, 0.3) is 0 Å². The summed E-state index contributed by atoms with van der Waals surface area (Å²) in [7, 11) is -2.10. The first-order valence-electron chi connectivity index (χ1n) is 4.48. The van der Waals surface area contributed by atoms with Gasteiger partial charge in [-0.05, 0) is 24.3 Å². The van der Waals surface area contributed by atoms with Crippen LogP contribution in [0.15, 0.2) is 24.3 Å². The molecule has 8 heteroatoms. The Morgan fingerprint density at radius 3 is 2.29 bits per heavy atom. The summed E-state index contributed by atoms with van der Waals surface area (Å²) in [6, 6.07) is 6.18. The Hall–Kier alpha value is -1.28. The van der Waals surface area contributed by atoms with E-state index in [1.165, 1.54) is 19.2 Å². The average molecular weight is 323 g/mol. The first-order valence-corrected chi connectivity index (χ1v) is 7.25. The molecule has 0 saturated heterocycles. The molecule has 1 aromatic carbocycles. The highest BCUT2D eigenvalue weighted by Gasteiger charge is 2.07. The molecule has 0 heterocycles. The standard InChI is InChI=1S/C9H11BrN2O4S/c1-16-9(13)11-7-2-4-8(5-3-7)12-17(14,15)6-10/h2-5,12H,6H2,1H3,(H,11,13). The van der Waals surface area contributed by atoms with E-state index in [9.17, 15) is 13.2 Å². The highest BCUT2D eigenvalue weighted by Crippen LogP contribution is 2.15. The highest BCUT2D eigenvalue weighted by atomic mass is 79.9. The summed E-state index contributed by atoms with van der Waals surface area (Å²) in [5, 5.41) is 2.45. The Bertz CT molecular complexity index is 486. The van der Waals surface area contributed by atoms with Gasteiger partial charge >= 0.3 is 6.09 Å². The van der Waals surface area contributed by atoms with E-state index in [0.717, 1.165) is 0 Å². The Labute approximate surface area is 108 Å². The number of sulfonamides is 1. The topological polar surface area (TPSA) is 84.5 Å². The first kappa shape index (κ1) is 13.8. The van der Waals surface area contributed by atoms with Crippen LogP contribution in [0.4, 0.5) is 16.2 Å². The Kier molecular flexibility index (Phi) is 4.76. The van der Waals surface area contributed by atoms with Crippen LogP contribution in [0.5, 0.6) is 0 Å². The number of anilines is 2. The van der Waals surface area contributed by atoms with E-state index < -0.39 is 16.1 Å². The van der Waals surface area contributed by atoms with Crippen molar-refractivity contribution in [3.8, 4) is 0 Å². The van der Waals surface area contributed by atoms with E-state index in [-0.39, 0.29) is 4.66 Å². The Morgan fingerprint density at radius 1 is 1.29 bits per heavy atom. The number of carbonyl (C=O) groups excluding carboxylic acids is 1. The minimum absolute atomic E-state index is 0.178. The summed E-state index contributed by atoms with van der Waals surface area (Å²) in [5.74, 6) is 0. The van der Waals surface area contributed by atoms with Gasteiger partial charge in [0, 0.05) is 11.4 Å². The summed E-state index contributed by atoms with van der Waals surface area (Å²) in [6.45, 7) is 0. The van der Waals surface area contributed by atoms with Crippen LogP contribution in [-0.4, -0.2) is 26.3 Å². The average Bonchev–Trinajstić information content (AvgIpc) is 2.31. The number of halogens is 1. The number of methoxy groups -OCH3 is 1. The van der Waals surface area contributed by atoms with Gasteiger partial charge in [0.2, 0.25) is 10.0 Å². The van der Waals surface area contributed by atoms with Crippen molar-refractivity contribution in [1.29, 1.82) is 0 Å². The fraction of sp³-hybridized carbons (Fsp3) is 0.222. The van der Waals surface area contributed by atoms with Gasteiger partial charge in [-0.3, -0.25) is 10.0 Å².